The lowest BCUT2D eigenvalue weighted by molar-refractivity contribution is 0.0137. The van der Waals surface area contributed by atoms with Crippen LogP contribution < -0.4 is 14.8 Å². The summed E-state index contributed by atoms with van der Waals surface area (Å²) in [5.41, 5.74) is 2.43. The first kappa shape index (κ1) is 27.7. The number of benzene rings is 2. The standard InChI is InChI=1S/C30H35N5O4S/c1-30(2,3)39-29(36)35-14-12-34(13-15-35)16-17-38-23-10-8-21(9-11-23)26-19-25-27(40-26)28(32-20-31-25)33-22-6-5-7-24(18-22)37-4/h5-11,18-20H,12-17H2,1-4H3,(H,31,32,33). The molecule has 210 valence electrons. The number of piperazine rings is 1. The maximum absolute atomic E-state index is 12.3. The number of fused-ring (bicyclic) bond motifs is 1. The van der Waals surface area contributed by atoms with Crippen molar-refractivity contribution in [3.8, 4) is 21.9 Å². The largest absolute Gasteiger partial charge is 0.497 e. The Labute approximate surface area is 238 Å². The van der Waals surface area contributed by atoms with E-state index in [9.17, 15) is 4.79 Å². The molecule has 0 radical (unpaired) electrons. The predicted octanol–water partition coefficient (Wildman–Crippen LogP) is 6.04. The van der Waals surface area contributed by atoms with Gasteiger partial charge in [0.1, 0.15) is 30.0 Å². The third kappa shape index (κ3) is 7.00. The molecule has 1 N–H and O–H groups in total. The molecular weight excluding hydrogens is 526 g/mol. The van der Waals surface area contributed by atoms with Gasteiger partial charge in [-0.05, 0) is 68.8 Å². The summed E-state index contributed by atoms with van der Waals surface area (Å²) in [7, 11) is 1.65. The summed E-state index contributed by atoms with van der Waals surface area (Å²) in [4.78, 5) is 26.4. The molecule has 9 nitrogen and oxygen atoms in total. The number of nitrogens with zero attached hydrogens (tertiary/aromatic N) is 4. The highest BCUT2D eigenvalue weighted by Crippen LogP contribution is 2.37. The van der Waals surface area contributed by atoms with Gasteiger partial charge in [-0.2, -0.15) is 0 Å². The third-order valence-electron chi connectivity index (χ3n) is 6.48. The molecule has 5 rings (SSSR count). The van der Waals surface area contributed by atoms with E-state index in [1.165, 1.54) is 0 Å². The second kappa shape index (κ2) is 12.1. The van der Waals surface area contributed by atoms with Gasteiger partial charge in [-0.3, -0.25) is 4.90 Å². The van der Waals surface area contributed by atoms with E-state index in [0.717, 1.165) is 63.3 Å². The first-order valence-corrected chi connectivity index (χ1v) is 14.2. The number of aromatic nitrogens is 2. The van der Waals surface area contributed by atoms with Gasteiger partial charge in [-0.15, -0.1) is 11.3 Å². The molecule has 10 heteroatoms. The second-order valence-electron chi connectivity index (χ2n) is 10.6. The van der Waals surface area contributed by atoms with Gasteiger partial charge in [0.05, 0.1) is 17.3 Å². The summed E-state index contributed by atoms with van der Waals surface area (Å²) < 4.78 is 17.8. The van der Waals surface area contributed by atoms with Crippen LogP contribution in [-0.2, 0) is 4.74 Å². The fourth-order valence-corrected chi connectivity index (χ4v) is 5.47. The van der Waals surface area contributed by atoms with E-state index in [1.54, 1.807) is 29.7 Å². The Morgan fingerprint density at radius 1 is 1.00 bits per heavy atom. The summed E-state index contributed by atoms with van der Waals surface area (Å²) in [6, 6.07) is 18.0. The van der Waals surface area contributed by atoms with Crippen LogP contribution in [0.25, 0.3) is 20.7 Å². The van der Waals surface area contributed by atoms with E-state index in [1.807, 2.05) is 57.2 Å². The van der Waals surface area contributed by atoms with Crippen LogP contribution in [0.15, 0.2) is 60.9 Å². The zero-order chi connectivity index (χ0) is 28.1. The summed E-state index contributed by atoms with van der Waals surface area (Å²) in [5.74, 6) is 2.38. The summed E-state index contributed by atoms with van der Waals surface area (Å²) in [5, 5.41) is 3.39. The Balaban J connectivity index is 1.14. The van der Waals surface area contributed by atoms with E-state index in [-0.39, 0.29) is 6.09 Å². The zero-order valence-corrected chi connectivity index (χ0v) is 24.2. The molecule has 3 heterocycles. The lowest BCUT2D eigenvalue weighted by Gasteiger charge is -2.35. The number of anilines is 2. The highest BCUT2D eigenvalue weighted by atomic mass is 32.1. The van der Waals surface area contributed by atoms with Gasteiger partial charge in [0, 0.05) is 49.4 Å². The molecule has 2 aromatic heterocycles. The molecule has 0 aliphatic carbocycles. The van der Waals surface area contributed by atoms with Crippen molar-refractivity contribution < 1.29 is 19.0 Å². The molecule has 1 saturated heterocycles. The van der Waals surface area contributed by atoms with Gasteiger partial charge >= 0.3 is 6.09 Å². The van der Waals surface area contributed by atoms with E-state index >= 15 is 0 Å². The molecule has 1 aliphatic heterocycles. The molecule has 40 heavy (non-hydrogen) atoms. The third-order valence-corrected chi connectivity index (χ3v) is 7.66. The maximum atomic E-state index is 12.3. The fourth-order valence-electron chi connectivity index (χ4n) is 4.41. The number of rotatable bonds is 8. The molecule has 0 spiro atoms. The minimum absolute atomic E-state index is 0.237. The lowest BCUT2D eigenvalue weighted by atomic mass is 10.2. The number of thiophene rings is 1. The number of carbonyl (C=O) groups excluding carboxylic acids is 1. The van der Waals surface area contributed by atoms with Gasteiger partial charge in [0.25, 0.3) is 0 Å². The molecule has 1 amide bonds. The van der Waals surface area contributed by atoms with E-state index < -0.39 is 5.60 Å². The highest BCUT2D eigenvalue weighted by molar-refractivity contribution is 7.22. The predicted molar refractivity (Wildman–Crippen MR) is 159 cm³/mol. The van der Waals surface area contributed by atoms with Crippen LogP contribution in [0.5, 0.6) is 11.5 Å². The molecule has 0 bridgehead atoms. The number of ether oxygens (including phenoxy) is 3. The smallest absolute Gasteiger partial charge is 0.410 e. The van der Waals surface area contributed by atoms with Crippen molar-refractivity contribution in [3.63, 3.8) is 0 Å². The second-order valence-corrected chi connectivity index (χ2v) is 11.6. The molecule has 2 aromatic carbocycles. The molecule has 1 aliphatic rings. The van der Waals surface area contributed by atoms with Crippen LogP contribution >= 0.6 is 11.3 Å². The number of hydrogen-bond donors (Lipinski definition) is 1. The summed E-state index contributed by atoms with van der Waals surface area (Å²) in [6.07, 6.45) is 1.34. The van der Waals surface area contributed by atoms with Crippen LogP contribution in [-0.4, -0.2) is 77.9 Å². The summed E-state index contributed by atoms with van der Waals surface area (Å²) >= 11 is 1.65. The first-order chi connectivity index (χ1) is 19.3. The van der Waals surface area contributed by atoms with Crippen molar-refractivity contribution in [1.82, 2.24) is 19.8 Å². The Morgan fingerprint density at radius 3 is 2.50 bits per heavy atom. The maximum Gasteiger partial charge on any atom is 0.410 e. The fraction of sp³-hybridized carbons (Fsp3) is 0.367. The quantitative estimate of drug-likeness (QED) is 0.279. The number of methoxy groups -OCH3 is 1. The highest BCUT2D eigenvalue weighted by Gasteiger charge is 2.25. The number of carbonyl (C=O) groups is 1. The molecule has 0 atom stereocenters. The van der Waals surface area contributed by atoms with Crippen LogP contribution in [0.1, 0.15) is 20.8 Å². The normalized spacial score (nSPS) is 14.2. The van der Waals surface area contributed by atoms with Gasteiger partial charge in [0.15, 0.2) is 5.82 Å². The average molecular weight is 562 g/mol. The van der Waals surface area contributed by atoms with Gasteiger partial charge in [-0.25, -0.2) is 14.8 Å². The molecule has 1 fully saturated rings. The average Bonchev–Trinajstić information content (AvgIpc) is 3.39. The number of amides is 1. The van der Waals surface area contributed by atoms with Gasteiger partial charge in [-0.1, -0.05) is 6.07 Å². The zero-order valence-electron chi connectivity index (χ0n) is 23.3. The van der Waals surface area contributed by atoms with Crippen LogP contribution in [0.3, 0.4) is 0 Å². The van der Waals surface area contributed by atoms with Crippen molar-refractivity contribution in [3.05, 3.63) is 60.9 Å². The molecule has 0 saturated carbocycles. The minimum Gasteiger partial charge on any atom is -0.497 e. The van der Waals surface area contributed by atoms with Crippen LogP contribution in [0, 0.1) is 0 Å². The SMILES string of the molecule is COc1cccc(Nc2ncnc3cc(-c4ccc(OCCN5CCN(C(=O)OC(C)(C)C)CC5)cc4)sc23)c1. The minimum atomic E-state index is -0.472. The Morgan fingerprint density at radius 2 is 1.77 bits per heavy atom. The van der Waals surface area contributed by atoms with E-state index in [4.69, 9.17) is 14.2 Å². The molecule has 0 unspecified atom stereocenters. The monoisotopic (exact) mass is 561 g/mol. The van der Waals surface area contributed by atoms with E-state index in [0.29, 0.717) is 19.7 Å². The molecular formula is C30H35N5O4S. The topological polar surface area (TPSA) is 89.0 Å². The molecule has 4 aromatic rings. The Kier molecular flexibility index (Phi) is 8.37. The lowest BCUT2D eigenvalue weighted by Crippen LogP contribution is -2.50. The first-order valence-electron chi connectivity index (χ1n) is 13.4. The van der Waals surface area contributed by atoms with Crippen molar-refractivity contribution in [1.29, 1.82) is 0 Å². The van der Waals surface area contributed by atoms with Crippen LogP contribution in [0.2, 0.25) is 0 Å². The number of nitrogens with one attached hydrogen (secondary N) is 1. The van der Waals surface area contributed by atoms with Gasteiger partial charge in [0.2, 0.25) is 0 Å². The van der Waals surface area contributed by atoms with Crippen molar-refractivity contribution in [2.75, 3.05) is 51.8 Å². The number of hydrogen-bond acceptors (Lipinski definition) is 9. The van der Waals surface area contributed by atoms with Crippen LogP contribution in [0.4, 0.5) is 16.3 Å². The van der Waals surface area contributed by atoms with Crippen molar-refractivity contribution in [2.24, 2.45) is 0 Å². The van der Waals surface area contributed by atoms with Crippen molar-refractivity contribution in [2.45, 2.75) is 26.4 Å². The summed E-state index contributed by atoms with van der Waals surface area (Å²) in [6.45, 7) is 10.0. The Bertz CT molecular complexity index is 1440. The Hall–Kier alpha value is -3.89. The van der Waals surface area contributed by atoms with E-state index in [2.05, 4.69) is 38.4 Å². The van der Waals surface area contributed by atoms with Crippen molar-refractivity contribution >= 4 is 39.2 Å². The van der Waals surface area contributed by atoms with Gasteiger partial charge < -0.3 is 24.4 Å².